The fourth-order valence-electron chi connectivity index (χ4n) is 0.751. The lowest BCUT2D eigenvalue weighted by molar-refractivity contribution is 0.964. The molecule has 1 aromatic rings. The fraction of sp³-hybridized carbons (Fsp3) is 0.429. The van der Waals surface area contributed by atoms with Crippen LogP contribution in [0.3, 0.4) is 0 Å². The first-order valence-electron chi connectivity index (χ1n) is 3.56. The maximum atomic E-state index is 5.30. The third-order valence-corrected chi connectivity index (χ3v) is 1.24. The summed E-state index contributed by atoms with van der Waals surface area (Å²) < 4.78 is 0. The minimum atomic E-state index is 0.607. The largest absolute Gasteiger partial charge is 0.367 e. The number of anilines is 1. The van der Waals surface area contributed by atoms with Gasteiger partial charge in [-0.2, -0.15) is 5.10 Å². The Morgan fingerprint density at radius 3 is 3.09 bits per heavy atom. The second-order valence-electron chi connectivity index (χ2n) is 2.33. The molecular weight excluding hydrogens is 140 g/mol. The quantitative estimate of drug-likeness (QED) is 0.647. The molecule has 0 aliphatic carbocycles. The smallest absolute Gasteiger partial charge is 0.148 e. The minimum Gasteiger partial charge on any atom is -0.367 e. The molecule has 0 aliphatic heterocycles. The highest BCUT2D eigenvalue weighted by Crippen LogP contribution is 2.01. The van der Waals surface area contributed by atoms with Crippen molar-refractivity contribution >= 4 is 5.82 Å². The highest BCUT2D eigenvalue weighted by Gasteiger charge is 1.91. The van der Waals surface area contributed by atoms with Crippen molar-refractivity contribution in [3.8, 4) is 0 Å². The summed E-state index contributed by atoms with van der Waals surface area (Å²) in [4.78, 5) is 0. The predicted octanol–water partition coefficient (Wildman–Crippen LogP) is 0.156. The fourth-order valence-corrected chi connectivity index (χ4v) is 0.751. The molecule has 0 aromatic carbocycles. The van der Waals surface area contributed by atoms with Crippen molar-refractivity contribution in [2.24, 2.45) is 5.73 Å². The highest BCUT2D eigenvalue weighted by atomic mass is 15.2. The number of aryl methyl sites for hydroxylation is 1. The van der Waals surface area contributed by atoms with Crippen LogP contribution in [0, 0.1) is 6.92 Å². The van der Waals surface area contributed by atoms with Gasteiger partial charge in [-0.3, -0.25) is 0 Å². The Balaban J connectivity index is 2.56. The Morgan fingerprint density at radius 2 is 2.45 bits per heavy atom. The normalized spacial score (nSPS) is 9.64. The van der Waals surface area contributed by atoms with Crippen LogP contribution in [-0.4, -0.2) is 23.3 Å². The van der Waals surface area contributed by atoms with E-state index in [0.717, 1.165) is 17.9 Å². The Hall–Kier alpha value is -1.16. The number of nitrogens with zero attached hydrogens (tertiary/aromatic N) is 2. The lowest BCUT2D eigenvalue weighted by atomic mass is 10.3. The van der Waals surface area contributed by atoms with Gasteiger partial charge >= 0.3 is 0 Å². The van der Waals surface area contributed by atoms with Crippen molar-refractivity contribution in [3.63, 3.8) is 0 Å². The van der Waals surface area contributed by atoms with E-state index in [0.29, 0.717) is 6.54 Å². The van der Waals surface area contributed by atoms with Gasteiger partial charge in [0, 0.05) is 13.1 Å². The second-order valence-corrected chi connectivity index (χ2v) is 2.33. The van der Waals surface area contributed by atoms with Crippen LogP contribution in [0.25, 0.3) is 0 Å². The van der Waals surface area contributed by atoms with Crippen molar-refractivity contribution in [2.75, 3.05) is 18.4 Å². The lowest BCUT2D eigenvalue weighted by Gasteiger charge is -2.01. The number of nitrogens with one attached hydrogen (secondary N) is 1. The molecule has 60 valence electrons. The zero-order valence-corrected chi connectivity index (χ0v) is 6.54. The van der Waals surface area contributed by atoms with Crippen LogP contribution in [0.15, 0.2) is 12.3 Å². The average Bonchev–Trinajstić information content (AvgIpc) is 2.01. The van der Waals surface area contributed by atoms with Gasteiger partial charge in [0.2, 0.25) is 0 Å². The van der Waals surface area contributed by atoms with Gasteiger partial charge in [-0.1, -0.05) is 0 Å². The number of hydrogen-bond acceptors (Lipinski definition) is 4. The predicted molar refractivity (Wildman–Crippen MR) is 44.3 cm³/mol. The summed E-state index contributed by atoms with van der Waals surface area (Å²) in [5, 5.41) is 10.7. The van der Waals surface area contributed by atoms with Gasteiger partial charge in [0.1, 0.15) is 5.82 Å². The summed E-state index contributed by atoms with van der Waals surface area (Å²) in [6.45, 7) is 3.32. The molecule has 0 saturated heterocycles. The second kappa shape index (κ2) is 3.88. The molecule has 11 heavy (non-hydrogen) atoms. The van der Waals surface area contributed by atoms with E-state index in [4.69, 9.17) is 5.73 Å². The molecule has 0 saturated carbocycles. The van der Waals surface area contributed by atoms with Crippen LogP contribution in [-0.2, 0) is 0 Å². The molecular formula is C7H12N4. The van der Waals surface area contributed by atoms with Gasteiger partial charge in [0.15, 0.2) is 0 Å². The summed E-state index contributed by atoms with van der Waals surface area (Å²) in [5.74, 6) is 0.787. The molecule has 0 aliphatic rings. The molecule has 0 radical (unpaired) electrons. The van der Waals surface area contributed by atoms with Crippen molar-refractivity contribution in [1.82, 2.24) is 10.2 Å². The highest BCUT2D eigenvalue weighted by molar-refractivity contribution is 5.34. The number of aromatic nitrogens is 2. The minimum absolute atomic E-state index is 0.607. The third kappa shape index (κ3) is 2.51. The number of nitrogens with two attached hydrogens (primary N) is 1. The lowest BCUT2D eigenvalue weighted by Crippen LogP contribution is -2.14. The van der Waals surface area contributed by atoms with Crippen LogP contribution < -0.4 is 11.1 Å². The van der Waals surface area contributed by atoms with Crippen molar-refractivity contribution in [1.29, 1.82) is 0 Å². The molecule has 0 spiro atoms. The SMILES string of the molecule is Cc1cnnc(NCCN)c1. The molecule has 0 fully saturated rings. The Morgan fingerprint density at radius 1 is 1.64 bits per heavy atom. The molecule has 1 rings (SSSR count). The van der Waals surface area contributed by atoms with Crippen LogP contribution >= 0.6 is 0 Å². The molecule has 4 heteroatoms. The molecule has 0 amide bonds. The topological polar surface area (TPSA) is 63.8 Å². The summed E-state index contributed by atoms with van der Waals surface area (Å²) in [6.07, 6.45) is 1.72. The number of rotatable bonds is 3. The summed E-state index contributed by atoms with van der Waals surface area (Å²) in [7, 11) is 0. The summed E-state index contributed by atoms with van der Waals surface area (Å²) in [6, 6.07) is 1.93. The van der Waals surface area contributed by atoms with Gasteiger partial charge in [0.05, 0.1) is 6.20 Å². The van der Waals surface area contributed by atoms with E-state index in [9.17, 15) is 0 Å². The van der Waals surface area contributed by atoms with E-state index >= 15 is 0 Å². The zero-order valence-electron chi connectivity index (χ0n) is 6.54. The molecule has 1 aromatic heterocycles. The molecule has 1 heterocycles. The van der Waals surface area contributed by atoms with E-state index < -0.39 is 0 Å². The van der Waals surface area contributed by atoms with Crippen LogP contribution in [0.1, 0.15) is 5.56 Å². The van der Waals surface area contributed by atoms with Crippen LogP contribution in [0.4, 0.5) is 5.82 Å². The van der Waals surface area contributed by atoms with E-state index in [-0.39, 0.29) is 0 Å². The van der Waals surface area contributed by atoms with Gasteiger partial charge in [-0.05, 0) is 18.6 Å². The molecule has 0 bridgehead atoms. The first-order chi connectivity index (χ1) is 5.33. The first-order valence-corrected chi connectivity index (χ1v) is 3.56. The summed E-state index contributed by atoms with van der Waals surface area (Å²) >= 11 is 0. The standard InChI is InChI=1S/C7H12N4/c1-6-4-7(9-3-2-8)11-10-5-6/h4-5H,2-3,8H2,1H3,(H,9,11). The summed E-state index contributed by atoms with van der Waals surface area (Å²) in [5.41, 5.74) is 6.40. The Kier molecular flexibility index (Phi) is 2.80. The van der Waals surface area contributed by atoms with Gasteiger partial charge in [0.25, 0.3) is 0 Å². The van der Waals surface area contributed by atoms with Gasteiger partial charge in [-0.15, -0.1) is 5.10 Å². The maximum absolute atomic E-state index is 5.30. The van der Waals surface area contributed by atoms with Crippen molar-refractivity contribution < 1.29 is 0 Å². The molecule has 3 N–H and O–H groups in total. The monoisotopic (exact) mass is 152 g/mol. The van der Waals surface area contributed by atoms with Gasteiger partial charge < -0.3 is 11.1 Å². The third-order valence-electron chi connectivity index (χ3n) is 1.24. The molecule has 0 atom stereocenters. The van der Waals surface area contributed by atoms with Crippen molar-refractivity contribution in [3.05, 3.63) is 17.8 Å². The zero-order chi connectivity index (χ0) is 8.10. The van der Waals surface area contributed by atoms with E-state index in [1.54, 1.807) is 6.20 Å². The molecule has 4 nitrogen and oxygen atoms in total. The molecule has 0 unspecified atom stereocenters. The van der Waals surface area contributed by atoms with Crippen LogP contribution in [0.5, 0.6) is 0 Å². The maximum Gasteiger partial charge on any atom is 0.148 e. The van der Waals surface area contributed by atoms with Gasteiger partial charge in [-0.25, -0.2) is 0 Å². The Labute approximate surface area is 65.8 Å². The van der Waals surface area contributed by atoms with Crippen LogP contribution in [0.2, 0.25) is 0 Å². The van der Waals surface area contributed by atoms with E-state index in [1.807, 2.05) is 13.0 Å². The Bertz CT molecular complexity index is 223. The van der Waals surface area contributed by atoms with Crippen molar-refractivity contribution in [2.45, 2.75) is 6.92 Å². The average molecular weight is 152 g/mol. The number of hydrogen-bond donors (Lipinski definition) is 2. The van der Waals surface area contributed by atoms with E-state index in [2.05, 4.69) is 15.5 Å². The van der Waals surface area contributed by atoms with E-state index in [1.165, 1.54) is 0 Å². The first kappa shape index (κ1) is 7.94.